The minimum absolute atomic E-state index is 0.0904. The highest BCUT2D eigenvalue weighted by Crippen LogP contribution is 2.13. The summed E-state index contributed by atoms with van der Waals surface area (Å²) in [7, 11) is 0. The van der Waals surface area contributed by atoms with Crippen molar-refractivity contribution in [3.63, 3.8) is 0 Å². The van der Waals surface area contributed by atoms with Crippen LogP contribution in [0, 0.1) is 11.3 Å². The topological polar surface area (TPSA) is 61.2 Å². The first-order chi connectivity index (χ1) is 7.52. The van der Waals surface area contributed by atoms with Crippen molar-refractivity contribution in [3.8, 4) is 0 Å². The maximum Gasteiger partial charge on any atom is 0.204 e. The van der Waals surface area contributed by atoms with E-state index in [1.165, 1.54) is 6.92 Å². The van der Waals surface area contributed by atoms with Crippen molar-refractivity contribution in [3.05, 3.63) is 35.9 Å². The Morgan fingerprint density at radius 2 is 1.94 bits per heavy atom. The molecule has 1 rings (SSSR count). The van der Waals surface area contributed by atoms with Gasteiger partial charge in [-0.1, -0.05) is 37.3 Å². The van der Waals surface area contributed by atoms with Crippen LogP contribution < -0.4 is 0 Å². The van der Waals surface area contributed by atoms with E-state index >= 15 is 0 Å². The molecule has 0 aliphatic carbocycles. The molecule has 0 bridgehead atoms. The molecule has 3 heteroatoms. The van der Waals surface area contributed by atoms with E-state index in [0.717, 1.165) is 5.56 Å². The van der Waals surface area contributed by atoms with Crippen LogP contribution in [0.3, 0.4) is 0 Å². The Labute approximate surface area is 95.6 Å². The lowest BCUT2D eigenvalue weighted by Crippen LogP contribution is -2.33. The Morgan fingerprint density at radius 3 is 2.44 bits per heavy atom. The minimum atomic E-state index is -1.07. The van der Waals surface area contributed by atoms with Crippen LogP contribution in [0.5, 0.6) is 0 Å². The molecule has 0 saturated carbocycles. The van der Waals surface area contributed by atoms with E-state index in [9.17, 15) is 9.90 Å². The monoisotopic (exact) mass is 219 g/mol. The highest BCUT2D eigenvalue weighted by molar-refractivity contribution is 6.39. The number of ketones is 1. The molecule has 0 unspecified atom stereocenters. The van der Waals surface area contributed by atoms with Gasteiger partial charge in [-0.25, -0.2) is 0 Å². The van der Waals surface area contributed by atoms with E-state index in [-0.39, 0.29) is 11.6 Å². The van der Waals surface area contributed by atoms with Crippen LogP contribution in [-0.4, -0.2) is 22.7 Å². The van der Waals surface area contributed by atoms with Gasteiger partial charge in [-0.15, -0.1) is 0 Å². The standard InChI is InChI=1S/C13H17NO2/c1-9(12(15)13(16)10(2)14)8-11-6-4-3-5-7-11/h3-7,9,12,14-15H,8H2,1-2H3/t9-,12+/m0/s1. The highest BCUT2D eigenvalue weighted by atomic mass is 16.3. The molecule has 0 aromatic heterocycles. The first-order valence-corrected chi connectivity index (χ1v) is 5.33. The van der Waals surface area contributed by atoms with Gasteiger partial charge in [-0.05, 0) is 24.8 Å². The molecule has 3 nitrogen and oxygen atoms in total. The summed E-state index contributed by atoms with van der Waals surface area (Å²) in [5.74, 6) is -0.654. The van der Waals surface area contributed by atoms with Crippen molar-refractivity contribution in [1.29, 1.82) is 5.41 Å². The van der Waals surface area contributed by atoms with Gasteiger partial charge in [0.05, 0.1) is 5.71 Å². The molecule has 0 saturated heterocycles. The molecular formula is C13H17NO2. The summed E-state index contributed by atoms with van der Waals surface area (Å²) in [5, 5.41) is 16.9. The molecule has 16 heavy (non-hydrogen) atoms. The van der Waals surface area contributed by atoms with Crippen LogP contribution in [0.1, 0.15) is 19.4 Å². The summed E-state index contributed by atoms with van der Waals surface area (Å²) in [6, 6.07) is 9.71. The number of benzene rings is 1. The molecule has 0 aliphatic rings. The summed E-state index contributed by atoms with van der Waals surface area (Å²) in [5.41, 5.74) is 0.997. The van der Waals surface area contributed by atoms with Gasteiger partial charge >= 0.3 is 0 Å². The number of hydrogen-bond acceptors (Lipinski definition) is 3. The number of hydrogen-bond donors (Lipinski definition) is 2. The Bertz CT molecular complexity index is 373. The molecule has 0 amide bonds. The summed E-state index contributed by atoms with van der Waals surface area (Å²) in [6.45, 7) is 3.22. The van der Waals surface area contributed by atoms with E-state index in [4.69, 9.17) is 5.41 Å². The second-order valence-electron chi connectivity index (χ2n) is 4.10. The summed E-state index contributed by atoms with van der Waals surface area (Å²) in [6.07, 6.45) is -0.432. The largest absolute Gasteiger partial charge is 0.385 e. The fourth-order valence-corrected chi connectivity index (χ4v) is 1.58. The van der Waals surface area contributed by atoms with Gasteiger partial charge in [0.1, 0.15) is 6.10 Å². The van der Waals surface area contributed by atoms with Crippen molar-refractivity contribution in [2.24, 2.45) is 5.92 Å². The third kappa shape index (κ3) is 3.28. The number of rotatable bonds is 5. The van der Waals surface area contributed by atoms with Gasteiger partial charge in [-0.3, -0.25) is 4.79 Å². The Hall–Kier alpha value is -1.48. The van der Waals surface area contributed by atoms with Crippen LogP contribution in [0.4, 0.5) is 0 Å². The fourth-order valence-electron chi connectivity index (χ4n) is 1.58. The van der Waals surface area contributed by atoms with Gasteiger partial charge in [0, 0.05) is 0 Å². The minimum Gasteiger partial charge on any atom is -0.385 e. The number of nitrogens with one attached hydrogen (secondary N) is 1. The molecule has 1 aromatic carbocycles. The maximum absolute atomic E-state index is 11.4. The third-order valence-corrected chi connectivity index (χ3v) is 2.58. The van der Waals surface area contributed by atoms with Gasteiger partial charge in [0.2, 0.25) is 5.78 Å². The van der Waals surface area contributed by atoms with Gasteiger partial charge < -0.3 is 10.5 Å². The number of aliphatic hydroxyl groups excluding tert-OH is 1. The average molecular weight is 219 g/mol. The second kappa shape index (κ2) is 5.56. The molecule has 0 aliphatic heterocycles. The molecular weight excluding hydrogens is 202 g/mol. The maximum atomic E-state index is 11.4. The SMILES string of the molecule is CC(=N)C(=O)[C@H](O)[C@@H](C)Cc1ccccc1. The van der Waals surface area contributed by atoms with E-state index < -0.39 is 11.9 Å². The van der Waals surface area contributed by atoms with Crippen LogP contribution in [0.15, 0.2) is 30.3 Å². The van der Waals surface area contributed by atoms with E-state index in [2.05, 4.69) is 0 Å². The molecule has 86 valence electrons. The quantitative estimate of drug-likeness (QED) is 0.742. The van der Waals surface area contributed by atoms with Gasteiger partial charge in [-0.2, -0.15) is 0 Å². The number of Topliss-reactive ketones (excluding diaryl/α,β-unsaturated/α-hetero) is 1. The number of aliphatic hydroxyl groups is 1. The van der Waals surface area contributed by atoms with E-state index in [0.29, 0.717) is 6.42 Å². The number of carbonyl (C=O) groups is 1. The van der Waals surface area contributed by atoms with Crippen molar-refractivity contribution in [1.82, 2.24) is 0 Å². The summed E-state index contributed by atoms with van der Waals surface area (Å²) < 4.78 is 0. The van der Waals surface area contributed by atoms with Crippen LogP contribution in [-0.2, 0) is 11.2 Å². The lowest BCUT2D eigenvalue weighted by Gasteiger charge is -2.17. The zero-order valence-electron chi connectivity index (χ0n) is 9.60. The molecule has 2 atom stereocenters. The Kier molecular flexibility index (Phi) is 4.38. The first-order valence-electron chi connectivity index (χ1n) is 5.33. The highest BCUT2D eigenvalue weighted by Gasteiger charge is 2.23. The Morgan fingerprint density at radius 1 is 1.38 bits per heavy atom. The molecule has 0 heterocycles. The average Bonchev–Trinajstić information content (AvgIpc) is 2.28. The van der Waals surface area contributed by atoms with Gasteiger partial charge in [0.25, 0.3) is 0 Å². The van der Waals surface area contributed by atoms with Crippen LogP contribution in [0.25, 0.3) is 0 Å². The van der Waals surface area contributed by atoms with E-state index in [1.54, 1.807) is 0 Å². The van der Waals surface area contributed by atoms with Gasteiger partial charge in [0.15, 0.2) is 0 Å². The third-order valence-electron chi connectivity index (χ3n) is 2.58. The zero-order chi connectivity index (χ0) is 12.1. The van der Waals surface area contributed by atoms with Crippen LogP contribution >= 0.6 is 0 Å². The molecule has 2 N–H and O–H groups in total. The van der Waals surface area contributed by atoms with Crippen molar-refractivity contribution in [2.45, 2.75) is 26.4 Å². The molecule has 0 spiro atoms. The van der Waals surface area contributed by atoms with Crippen molar-refractivity contribution < 1.29 is 9.90 Å². The number of carbonyl (C=O) groups excluding carboxylic acids is 1. The normalized spacial score (nSPS) is 14.2. The van der Waals surface area contributed by atoms with Crippen molar-refractivity contribution >= 4 is 11.5 Å². The zero-order valence-corrected chi connectivity index (χ0v) is 9.60. The predicted molar refractivity (Wildman–Crippen MR) is 63.7 cm³/mol. The lowest BCUT2D eigenvalue weighted by atomic mass is 9.92. The van der Waals surface area contributed by atoms with Crippen LogP contribution in [0.2, 0.25) is 0 Å². The predicted octanol–water partition coefficient (Wildman–Crippen LogP) is 1.83. The van der Waals surface area contributed by atoms with Crippen molar-refractivity contribution in [2.75, 3.05) is 0 Å². The smallest absolute Gasteiger partial charge is 0.204 e. The summed E-state index contributed by atoms with van der Waals surface area (Å²) in [4.78, 5) is 11.4. The lowest BCUT2D eigenvalue weighted by molar-refractivity contribution is -0.122. The molecule has 1 aromatic rings. The summed E-state index contributed by atoms with van der Waals surface area (Å²) >= 11 is 0. The Balaban J connectivity index is 2.62. The van der Waals surface area contributed by atoms with E-state index in [1.807, 2.05) is 37.3 Å². The molecule has 0 fully saturated rings. The fraction of sp³-hybridized carbons (Fsp3) is 0.385. The molecule has 0 radical (unpaired) electrons. The first kappa shape index (κ1) is 12.6. The second-order valence-corrected chi connectivity index (χ2v) is 4.10.